The highest BCUT2D eigenvalue weighted by Gasteiger charge is 2.14. The van der Waals surface area contributed by atoms with E-state index in [1.807, 2.05) is 13.8 Å². The Hall–Kier alpha value is -1.14. The molecule has 0 spiro atoms. The van der Waals surface area contributed by atoms with E-state index >= 15 is 0 Å². The monoisotopic (exact) mass is 243 g/mol. The number of amides is 2. The standard InChI is InChI=1S/C10H17N3O2S/c1-6-7(2)16-9(12-6)13-8(14)11-5-10(3,4)15/h15H,5H2,1-4H3,(H2,11,12,13,14). The number of carbonyl (C=O) groups excluding carboxylic acids is 1. The second-order valence-electron chi connectivity index (χ2n) is 4.28. The Bertz CT molecular complexity index is 362. The highest BCUT2D eigenvalue weighted by atomic mass is 32.1. The molecule has 0 saturated heterocycles. The van der Waals surface area contributed by atoms with Gasteiger partial charge in [0.2, 0.25) is 0 Å². The molecule has 1 rings (SSSR count). The zero-order valence-corrected chi connectivity index (χ0v) is 10.7. The number of nitrogens with one attached hydrogen (secondary N) is 2. The quantitative estimate of drug-likeness (QED) is 0.755. The van der Waals surface area contributed by atoms with E-state index in [0.717, 1.165) is 10.6 Å². The fourth-order valence-electron chi connectivity index (χ4n) is 0.964. The first-order valence-electron chi connectivity index (χ1n) is 4.99. The van der Waals surface area contributed by atoms with E-state index in [0.29, 0.717) is 5.13 Å². The topological polar surface area (TPSA) is 74.2 Å². The van der Waals surface area contributed by atoms with Crippen LogP contribution in [0, 0.1) is 13.8 Å². The molecule has 0 aliphatic carbocycles. The van der Waals surface area contributed by atoms with Gasteiger partial charge in [-0.15, -0.1) is 11.3 Å². The van der Waals surface area contributed by atoms with Crippen molar-refractivity contribution >= 4 is 22.5 Å². The Labute approximate surface area is 98.9 Å². The molecule has 0 aliphatic rings. The Balaban J connectivity index is 2.46. The number of aliphatic hydroxyl groups is 1. The minimum atomic E-state index is -0.911. The summed E-state index contributed by atoms with van der Waals surface area (Å²) in [7, 11) is 0. The molecule has 0 unspecified atom stereocenters. The molecule has 0 radical (unpaired) electrons. The average Bonchev–Trinajstić information content (AvgIpc) is 2.41. The van der Waals surface area contributed by atoms with Gasteiger partial charge in [-0.3, -0.25) is 5.32 Å². The van der Waals surface area contributed by atoms with Crippen LogP contribution in [0.25, 0.3) is 0 Å². The fraction of sp³-hybridized carbons (Fsp3) is 0.600. The van der Waals surface area contributed by atoms with Crippen molar-refractivity contribution in [2.45, 2.75) is 33.3 Å². The third kappa shape index (κ3) is 4.16. The lowest BCUT2D eigenvalue weighted by molar-refractivity contribution is 0.0826. The zero-order valence-electron chi connectivity index (χ0n) is 9.92. The summed E-state index contributed by atoms with van der Waals surface area (Å²) in [5.74, 6) is 0. The molecule has 6 heteroatoms. The molecule has 5 nitrogen and oxygen atoms in total. The van der Waals surface area contributed by atoms with Gasteiger partial charge in [0, 0.05) is 11.4 Å². The summed E-state index contributed by atoms with van der Waals surface area (Å²) in [6.07, 6.45) is 0. The van der Waals surface area contributed by atoms with Crippen molar-refractivity contribution in [3.63, 3.8) is 0 Å². The van der Waals surface area contributed by atoms with Crippen molar-refractivity contribution in [1.82, 2.24) is 10.3 Å². The summed E-state index contributed by atoms with van der Waals surface area (Å²) in [4.78, 5) is 16.7. The molecule has 1 aromatic heterocycles. The molecule has 2 amide bonds. The number of hydrogen-bond donors (Lipinski definition) is 3. The molecule has 0 aromatic carbocycles. The summed E-state index contributed by atoms with van der Waals surface area (Å²) in [5.41, 5.74) is 0.00859. The Kier molecular flexibility index (Phi) is 3.88. The predicted octanol–water partition coefficient (Wildman–Crippen LogP) is 1.65. The van der Waals surface area contributed by atoms with Crippen molar-refractivity contribution in [1.29, 1.82) is 0 Å². The van der Waals surface area contributed by atoms with Crippen LogP contribution in [0.2, 0.25) is 0 Å². The number of aryl methyl sites for hydroxylation is 2. The molecular weight excluding hydrogens is 226 g/mol. The summed E-state index contributed by atoms with van der Waals surface area (Å²) >= 11 is 1.43. The van der Waals surface area contributed by atoms with Gasteiger partial charge in [0.25, 0.3) is 0 Å². The van der Waals surface area contributed by atoms with Gasteiger partial charge in [-0.05, 0) is 27.7 Å². The zero-order chi connectivity index (χ0) is 12.3. The fourth-order valence-corrected chi connectivity index (χ4v) is 1.77. The van der Waals surface area contributed by atoms with E-state index in [4.69, 9.17) is 0 Å². The molecule has 1 heterocycles. The molecule has 1 aromatic rings. The Morgan fingerprint density at radius 1 is 1.50 bits per heavy atom. The van der Waals surface area contributed by atoms with Crippen LogP contribution in [-0.2, 0) is 0 Å². The van der Waals surface area contributed by atoms with Crippen LogP contribution < -0.4 is 10.6 Å². The Morgan fingerprint density at radius 3 is 2.56 bits per heavy atom. The number of anilines is 1. The lowest BCUT2D eigenvalue weighted by Crippen LogP contribution is -2.40. The first-order valence-corrected chi connectivity index (χ1v) is 5.81. The van der Waals surface area contributed by atoms with Crippen LogP contribution in [-0.4, -0.2) is 28.3 Å². The summed E-state index contributed by atoms with van der Waals surface area (Å²) < 4.78 is 0. The van der Waals surface area contributed by atoms with Crippen molar-refractivity contribution in [3.8, 4) is 0 Å². The third-order valence-electron chi connectivity index (χ3n) is 1.93. The number of carbonyl (C=O) groups is 1. The van der Waals surface area contributed by atoms with E-state index in [1.54, 1.807) is 13.8 Å². The lowest BCUT2D eigenvalue weighted by Gasteiger charge is -2.17. The van der Waals surface area contributed by atoms with Gasteiger partial charge < -0.3 is 10.4 Å². The van der Waals surface area contributed by atoms with E-state index < -0.39 is 5.60 Å². The first-order chi connectivity index (χ1) is 7.28. The van der Waals surface area contributed by atoms with E-state index in [2.05, 4.69) is 15.6 Å². The third-order valence-corrected chi connectivity index (χ3v) is 2.92. The predicted molar refractivity (Wildman–Crippen MR) is 64.9 cm³/mol. The number of nitrogens with zero attached hydrogens (tertiary/aromatic N) is 1. The molecule has 0 aliphatic heterocycles. The maximum atomic E-state index is 11.4. The number of thiazole rings is 1. The smallest absolute Gasteiger partial charge is 0.321 e. The van der Waals surface area contributed by atoms with E-state index in [9.17, 15) is 9.90 Å². The Morgan fingerprint density at radius 2 is 2.12 bits per heavy atom. The van der Waals surface area contributed by atoms with Gasteiger partial charge in [0.05, 0.1) is 11.3 Å². The molecule has 16 heavy (non-hydrogen) atoms. The molecule has 0 atom stereocenters. The number of aromatic nitrogens is 1. The van der Waals surface area contributed by atoms with Gasteiger partial charge in [-0.25, -0.2) is 9.78 Å². The molecule has 0 fully saturated rings. The molecule has 3 N–H and O–H groups in total. The van der Waals surface area contributed by atoms with Crippen molar-refractivity contribution in [2.24, 2.45) is 0 Å². The van der Waals surface area contributed by atoms with Crippen LogP contribution in [0.5, 0.6) is 0 Å². The maximum absolute atomic E-state index is 11.4. The van der Waals surface area contributed by atoms with Gasteiger partial charge in [0.15, 0.2) is 5.13 Å². The van der Waals surface area contributed by atoms with Crippen molar-refractivity contribution in [3.05, 3.63) is 10.6 Å². The SMILES string of the molecule is Cc1nc(NC(=O)NCC(C)(C)O)sc1C. The van der Waals surface area contributed by atoms with Crippen LogP contribution >= 0.6 is 11.3 Å². The van der Waals surface area contributed by atoms with Crippen molar-refractivity contribution in [2.75, 3.05) is 11.9 Å². The van der Waals surface area contributed by atoms with E-state index in [-0.39, 0.29) is 12.6 Å². The summed E-state index contributed by atoms with van der Waals surface area (Å²) in [5, 5.41) is 15.2. The molecule has 0 saturated carbocycles. The molecule has 0 bridgehead atoms. The van der Waals surface area contributed by atoms with Crippen LogP contribution in [0.15, 0.2) is 0 Å². The number of hydrogen-bond acceptors (Lipinski definition) is 4. The normalized spacial score (nSPS) is 11.3. The van der Waals surface area contributed by atoms with Gasteiger partial charge in [-0.1, -0.05) is 0 Å². The highest BCUT2D eigenvalue weighted by Crippen LogP contribution is 2.20. The minimum Gasteiger partial charge on any atom is -0.389 e. The number of urea groups is 1. The summed E-state index contributed by atoms with van der Waals surface area (Å²) in [6, 6.07) is -0.351. The van der Waals surface area contributed by atoms with Crippen molar-refractivity contribution < 1.29 is 9.90 Å². The highest BCUT2D eigenvalue weighted by molar-refractivity contribution is 7.15. The average molecular weight is 243 g/mol. The minimum absolute atomic E-state index is 0.197. The molecular formula is C10H17N3O2S. The lowest BCUT2D eigenvalue weighted by atomic mass is 10.1. The number of rotatable bonds is 3. The largest absolute Gasteiger partial charge is 0.389 e. The van der Waals surface area contributed by atoms with Gasteiger partial charge in [-0.2, -0.15) is 0 Å². The van der Waals surface area contributed by atoms with Crippen LogP contribution in [0.3, 0.4) is 0 Å². The second kappa shape index (κ2) is 4.80. The summed E-state index contributed by atoms with van der Waals surface area (Å²) in [6.45, 7) is 7.30. The van der Waals surface area contributed by atoms with Gasteiger partial charge >= 0.3 is 6.03 Å². The van der Waals surface area contributed by atoms with Crippen LogP contribution in [0.4, 0.5) is 9.93 Å². The maximum Gasteiger partial charge on any atom is 0.321 e. The van der Waals surface area contributed by atoms with Gasteiger partial charge in [0.1, 0.15) is 0 Å². The van der Waals surface area contributed by atoms with E-state index in [1.165, 1.54) is 11.3 Å². The first kappa shape index (κ1) is 12.9. The van der Waals surface area contributed by atoms with Crippen LogP contribution in [0.1, 0.15) is 24.4 Å². The molecule has 90 valence electrons. The second-order valence-corrected chi connectivity index (χ2v) is 5.48.